The molecule has 5 heteroatoms. The fraction of sp³-hybridized carbons (Fsp3) is 0.562. The normalized spacial score (nSPS) is 15.9. The Morgan fingerprint density at radius 3 is 2.76 bits per heavy atom. The van der Waals surface area contributed by atoms with Gasteiger partial charge in [0.2, 0.25) is 5.91 Å². The summed E-state index contributed by atoms with van der Waals surface area (Å²) in [6.45, 7) is 4.96. The molecule has 2 rings (SSSR count). The highest BCUT2D eigenvalue weighted by molar-refractivity contribution is 5.76. The Balaban J connectivity index is 1.71. The molecule has 1 fully saturated rings. The van der Waals surface area contributed by atoms with Crippen LogP contribution in [0.25, 0.3) is 0 Å². The average Bonchev–Trinajstić information content (AvgIpc) is 2.52. The first-order chi connectivity index (χ1) is 10.2. The lowest BCUT2D eigenvalue weighted by Crippen LogP contribution is -2.42. The number of benzene rings is 1. The van der Waals surface area contributed by atoms with Crippen molar-refractivity contribution in [1.82, 2.24) is 9.80 Å². The van der Waals surface area contributed by atoms with Crippen LogP contribution in [0.2, 0.25) is 0 Å². The average molecular weight is 294 g/mol. The first-order valence-electron chi connectivity index (χ1n) is 7.44. The molecule has 0 spiro atoms. The molecule has 0 aliphatic carbocycles. The molecule has 0 saturated carbocycles. The van der Waals surface area contributed by atoms with E-state index < -0.39 is 0 Å². The molecular formula is C16H23FN2O2. The topological polar surface area (TPSA) is 32.8 Å². The van der Waals surface area contributed by atoms with Gasteiger partial charge in [-0.2, -0.15) is 0 Å². The van der Waals surface area contributed by atoms with Crippen LogP contribution >= 0.6 is 0 Å². The van der Waals surface area contributed by atoms with E-state index in [9.17, 15) is 9.18 Å². The summed E-state index contributed by atoms with van der Waals surface area (Å²) < 4.78 is 18.8. The highest BCUT2D eigenvalue weighted by atomic mass is 19.1. The molecule has 116 valence electrons. The fourth-order valence-electron chi connectivity index (χ4n) is 2.37. The van der Waals surface area contributed by atoms with E-state index in [0.29, 0.717) is 24.9 Å². The molecule has 1 amide bonds. The largest absolute Gasteiger partial charge is 0.379 e. The van der Waals surface area contributed by atoms with Crippen molar-refractivity contribution in [2.75, 3.05) is 46.4 Å². The van der Waals surface area contributed by atoms with Crippen LogP contribution in [0.3, 0.4) is 0 Å². The summed E-state index contributed by atoms with van der Waals surface area (Å²) in [5.74, 6) is -0.173. The summed E-state index contributed by atoms with van der Waals surface area (Å²) >= 11 is 0. The molecule has 1 aliphatic rings. The van der Waals surface area contributed by atoms with Crippen molar-refractivity contribution in [3.8, 4) is 0 Å². The van der Waals surface area contributed by atoms with Crippen molar-refractivity contribution in [2.24, 2.45) is 0 Å². The second kappa shape index (κ2) is 8.10. The van der Waals surface area contributed by atoms with Crippen LogP contribution in [0.5, 0.6) is 0 Å². The van der Waals surface area contributed by atoms with Crippen molar-refractivity contribution in [3.05, 3.63) is 35.6 Å². The number of carbonyl (C=O) groups excluding carboxylic acids is 1. The zero-order valence-corrected chi connectivity index (χ0v) is 12.6. The molecule has 21 heavy (non-hydrogen) atoms. The molecular weight excluding hydrogens is 271 g/mol. The Hall–Kier alpha value is -1.46. The number of likely N-dealkylation sites (N-methyl/N-ethyl adjacent to an activating group) is 1. The molecule has 0 atom stereocenters. The number of carbonyl (C=O) groups is 1. The fourth-order valence-corrected chi connectivity index (χ4v) is 2.37. The zero-order valence-electron chi connectivity index (χ0n) is 12.6. The predicted octanol–water partition coefficient (Wildman–Crippen LogP) is 1.55. The predicted molar refractivity (Wildman–Crippen MR) is 79.6 cm³/mol. The maximum absolute atomic E-state index is 13.5. The number of hydrogen-bond donors (Lipinski definition) is 0. The van der Waals surface area contributed by atoms with Crippen molar-refractivity contribution in [1.29, 1.82) is 0 Å². The summed E-state index contributed by atoms with van der Waals surface area (Å²) in [6.07, 6.45) is 0.800. The van der Waals surface area contributed by atoms with Crippen molar-refractivity contribution in [2.45, 2.75) is 12.8 Å². The van der Waals surface area contributed by atoms with E-state index in [0.717, 1.165) is 32.8 Å². The molecule has 1 heterocycles. The summed E-state index contributed by atoms with van der Waals surface area (Å²) in [5.41, 5.74) is 0.604. The van der Waals surface area contributed by atoms with Gasteiger partial charge in [-0.1, -0.05) is 18.2 Å². The first-order valence-corrected chi connectivity index (χ1v) is 7.44. The number of nitrogens with zero attached hydrogens (tertiary/aromatic N) is 2. The van der Waals surface area contributed by atoms with Gasteiger partial charge in [0.1, 0.15) is 5.82 Å². The maximum atomic E-state index is 13.5. The van der Waals surface area contributed by atoms with Gasteiger partial charge in [-0.3, -0.25) is 9.69 Å². The minimum absolute atomic E-state index is 0.0616. The van der Waals surface area contributed by atoms with Crippen molar-refractivity contribution >= 4 is 5.91 Å². The van der Waals surface area contributed by atoms with Crippen LogP contribution < -0.4 is 0 Å². The van der Waals surface area contributed by atoms with Gasteiger partial charge in [-0.15, -0.1) is 0 Å². The quantitative estimate of drug-likeness (QED) is 0.798. The number of morpholine rings is 1. The summed E-state index contributed by atoms with van der Waals surface area (Å²) in [4.78, 5) is 16.1. The van der Waals surface area contributed by atoms with E-state index in [1.165, 1.54) is 6.07 Å². The molecule has 4 nitrogen and oxygen atoms in total. The number of hydrogen-bond acceptors (Lipinski definition) is 3. The van der Waals surface area contributed by atoms with E-state index in [2.05, 4.69) is 4.90 Å². The van der Waals surface area contributed by atoms with Gasteiger partial charge < -0.3 is 9.64 Å². The number of ether oxygens (including phenoxy) is 1. The first kappa shape index (κ1) is 15.9. The van der Waals surface area contributed by atoms with Crippen LogP contribution in [-0.4, -0.2) is 62.1 Å². The lowest BCUT2D eigenvalue weighted by Gasteiger charge is -2.28. The summed E-state index contributed by atoms with van der Waals surface area (Å²) in [6, 6.07) is 6.62. The second-order valence-corrected chi connectivity index (χ2v) is 5.36. The Morgan fingerprint density at radius 2 is 2.05 bits per heavy atom. The van der Waals surface area contributed by atoms with Gasteiger partial charge in [-0.25, -0.2) is 4.39 Å². The lowest BCUT2D eigenvalue weighted by molar-refractivity contribution is -0.130. The molecule has 1 saturated heterocycles. The third kappa shape index (κ3) is 5.10. The lowest BCUT2D eigenvalue weighted by atomic mass is 10.1. The molecule has 1 aromatic carbocycles. The van der Waals surface area contributed by atoms with Gasteiger partial charge in [0.15, 0.2) is 0 Å². The van der Waals surface area contributed by atoms with E-state index in [1.807, 2.05) is 7.05 Å². The van der Waals surface area contributed by atoms with Gasteiger partial charge in [-0.05, 0) is 18.1 Å². The second-order valence-electron chi connectivity index (χ2n) is 5.36. The van der Waals surface area contributed by atoms with Gasteiger partial charge in [0.05, 0.1) is 13.2 Å². The standard InChI is InChI=1S/C16H23FN2O2/c1-18(8-9-19-10-12-21-13-11-19)16(20)7-6-14-4-2-3-5-15(14)17/h2-5H,6-13H2,1H3. The minimum Gasteiger partial charge on any atom is -0.379 e. The van der Waals surface area contributed by atoms with Crippen LogP contribution in [0.1, 0.15) is 12.0 Å². The highest BCUT2D eigenvalue weighted by Gasteiger charge is 2.14. The van der Waals surface area contributed by atoms with E-state index in [1.54, 1.807) is 23.1 Å². The monoisotopic (exact) mass is 294 g/mol. The Labute approximate surface area is 125 Å². The maximum Gasteiger partial charge on any atom is 0.222 e. The molecule has 1 aliphatic heterocycles. The van der Waals surface area contributed by atoms with E-state index in [4.69, 9.17) is 4.74 Å². The van der Waals surface area contributed by atoms with Gasteiger partial charge >= 0.3 is 0 Å². The Kier molecular flexibility index (Phi) is 6.14. The Bertz CT molecular complexity index is 461. The Morgan fingerprint density at radius 1 is 1.33 bits per heavy atom. The number of rotatable bonds is 6. The molecule has 0 N–H and O–H groups in total. The van der Waals surface area contributed by atoms with Crippen molar-refractivity contribution < 1.29 is 13.9 Å². The van der Waals surface area contributed by atoms with Crippen LogP contribution in [0, 0.1) is 5.82 Å². The van der Waals surface area contributed by atoms with E-state index in [-0.39, 0.29) is 11.7 Å². The molecule has 1 aromatic rings. The minimum atomic E-state index is -0.235. The molecule has 0 bridgehead atoms. The number of halogens is 1. The number of aryl methyl sites for hydroxylation is 1. The molecule has 0 aromatic heterocycles. The molecule has 0 radical (unpaired) electrons. The molecule has 0 unspecified atom stereocenters. The SMILES string of the molecule is CN(CCN1CCOCC1)C(=O)CCc1ccccc1F. The van der Waals surface area contributed by atoms with Gasteiger partial charge in [0.25, 0.3) is 0 Å². The van der Waals surface area contributed by atoms with Crippen LogP contribution in [-0.2, 0) is 16.0 Å². The third-order valence-electron chi connectivity index (χ3n) is 3.85. The van der Waals surface area contributed by atoms with E-state index >= 15 is 0 Å². The van der Waals surface area contributed by atoms with Gasteiger partial charge in [0, 0.05) is 39.6 Å². The summed E-state index contributed by atoms with van der Waals surface area (Å²) in [5, 5.41) is 0. The summed E-state index contributed by atoms with van der Waals surface area (Å²) in [7, 11) is 1.81. The number of amides is 1. The van der Waals surface area contributed by atoms with Crippen molar-refractivity contribution in [3.63, 3.8) is 0 Å². The zero-order chi connectivity index (χ0) is 15.1. The van der Waals surface area contributed by atoms with Crippen LogP contribution in [0.4, 0.5) is 4.39 Å². The highest BCUT2D eigenvalue weighted by Crippen LogP contribution is 2.09. The third-order valence-corrected chi connectivity index (χ3v) is 3.85. The van der Waals surface area contributed by atoms with Crippen LogP contribution in [0.15, 0.2) is 24.3 Å². The smallest absolute Gasteiger partial charge is 0.222 e.